The number of carbonyl (C=O) groups is 1. The summed E-state index contributed by atoms with van der Waals surface area (Å²) in [5.41, 5.74) is 0.952. The summed E-state index contributed by atoms with van der Waals surface area (Å²) in [4.78, 5) is 23.1. The van der Waals surface area contributed by atoms with E-state index in [0.717, 1.165) is 54.6 Å². The van der Waals surface area contributed by atoms with Crippen molar-refractivity contribution in [2.24, 2.45) is 0 Å². The van der Waals surface area contributed by atoms with Crippen LogP contribution in [0.3, 0.4) is 0 Å². The van der Waals surface area contributed by atoms with Crippen molar-refractivity contribution in [3.8, 4) is 0 Å². The van der Waals surface area contributed by atoms with Gasteiger partial charge in [-0.1, -0.05) is 30.4 Å². The van der Waals surface area contributed by atoms with E-state index in [1.54, 1.807) is 22.7 Å². The van der Waals surface area contributed by atoms with Crippen LogP contribution in [-0.4, -0.2) is 60.9 Å². The standard InChI is InChI=1S/C23H26FN3O2S2/c1-2-30-18-7-3-6-17(16-18)22(28)27(11-5-10-26-12-14-29-15-13-26)23-25-21-19(24)8-4-9-20(21)31-23/h3-4,6-9,16H,2,5,10-15H2,1H3. The molecule has 4 rings (SSSR count). The van der Waals surface area contributed by atoms with Gasteiger partial charge in [-0.25, -0.2) is 9.37 Å². The molecule has 1 aromatic heterocycles. The lowest BCUT2D eigenvalue weighted by Gasteiger charge is -2.27. The predicted molar refractivity (Wildman–Crippen MR) is 126 cm³/mol. The van der Waals surface area contributed by atoms with Crippen molar-refractivity contribution in [3.05, 3.63) is 53.8 Å². The maximum atomic E-state index is 14.2. The van der Waals surface area contributed by atoms with Crippen LogP contribution < -0.4 is 4.90 Å². The van der Waals surface area contributed by atoms with E-state index in [4.69, 9.17) is 4.74 Å². The van der Waals surface area contributed by atoms with Crippen LogP contribution >= 0.6 is 23.1 Å². The number of hydrogen-bond donors (Lipinski definition) is 0. The second kappa shape index (κ2) is 10.5. The van der Waals surface area contributed by atoms with Crippen molar-refractivity contribution in [2.45, 2.75) is 18.2 Å². The van der Waals surface area contributed by atoms with Gasteiger partial charge in [0.25, 0.3) is 5.91 Å². The third kappa shape index (κ3) is 5.44. The number of rotatable bonds is 8. The zero-order chi connectivity index (χ0) is 21.6. The maximum Gasteiger partial charge on any atom is 0.260 e. The van der Waals surface area contributed by atoms with Crippen LogP contribution in [-0.2, 0) is 4.74 Å². The molecule has 1 fully saturated rings. The SMILES string of the molecule is CCSc1cccc(C(=O)N(CCCN2CCOCC2)c2nc3c(F)cccc3s2)c1. The molecule has 2 heterocycles. The molecule has 0 atom stereocenters. The first-order valence-electron chi connectivity index (χ1n) is 10.6. The third-order valence-electron chi connectivity index (χ3n) is 5.19. The molecule has 0 spiro atoms. The largest absolute Gasteiger partial charge is 0.379 e. The Morgan fingerprint density at radius 1 is 1.26 bits per heavy atom. The number of hydrogen-bond acceptors (Lipinski definition) is 6. The molecule has 0 aliphatic carbocycles. The molecule has 0 radical (unpaired) electrons. The van der Waals surface area contributed by atoms with Crippen LogP contribution in [0.1, 0.15) is 23.7 Å². The quantitative estimate of drug-likeness (QED) is 0.448. The minimum atomic E-state index is -0.359. The first-order valence-corrected chi connectivity index (χ1v) is 12.4. The number of benzene rings is 2. The number of anilines is 1. The van der Waals surface area contributed by atoms with Crippen LogP contribution in [0.4, 0.5) is 9.52 Å². The van der Waals surface area contributed by atoms with Gasteiger partial charge >= 0.3 is 0 Å². The van der Waals surface area contributed by atoms with Crippen molar-refractivity contribution in [2.75, 3.05) is 50.0 Å². The number of ether oxygens (including phenoxy) is 1. The summed E-state index contributed by atoms with van der Waals surface area (Å²) in [5, 5.41) is 0.542. The average molecular weight is 460 g/mol. The number of fused-ring (bicyclic) bond motifs is 1. The van der Waals surface area contributed by atoms with E-state index >= 15 is 0 Å². The van der Waals surface area contributed by atoms with Gasteiger partial charge < -0.3 is 4.74 Å². The summed E-state index contributed by atoms with van der Waals surface area (Å²) in [7, 11) is 0. The molecule has 0 bridgehead atoms. The van der Waals surface area contributed by atoms with Crippen molar-refractivity contribution in [1.29, 1.82) is 0 Å². The number of nitrogens with zero attached hydrogens (tertiary/aromatic N) is 3. The molecule has 164 valence electrons. The average Bonchev–Trinajstić information content (AvgIpc) is 3.23. The van der Waals surface area contributed by atoms with E-state index in [2.05, 4.69) is 16.8 Å². The van der Waals surface area contributed by atoms with Gasteiger partial charge in [-0.05, 0) is 42.5 Å². The van der Waals surface area contributed by atoms with Gasteiger partial charge in [0.15, 0.2) is 5.13 Å². The van der Waals surface area contributed by atoms with Crippen LogP contribution in [0, 0.1) is 5.82 Å². The first-order chi connectivity index (χ1) is 15.2. The summed E-state index contributed by atoms with van der Waals surface area (Å²) in [5.74, 6) is 0.486. The molecular weight excluding hydrogens is 433 g/mol. The molecule has 2 aromatic carbocycles. The molecule has 1 aliphatic heterocycles. The Labute approximate surface area is 190 Å². The van der Waals surface area contributed by atoms with Crippen LogP contribution in [0.25, 0.3) is 10.2 Å². The number of amides is 1. The highest BCUT2D eigenvalue weighted by Crippen LogP contribution is 2.31. The Morgan fingerprint density at radius 2 is 2.06 bits per heavy atom. The second-order valence-corrected chi connectivity index (χ2v) is 9.65. The zero-order valence-electron chi connectivity index (χ0n) is 17.6. The summed E-state index contributed by atoms with van der Waals surface area (Å²) >= 11 is 3.06. The fourth-order valence-electron chi connectivity index (χ4n) is 3.62. The van der Waals surface area contributed by atoms with Gasteiger partial charge in [0.1, 0.15) is 11.3 Å². The van der Waals surface area contributed by atoms with Gasteiger partial charge in [-0.3, -0.25) is 14.6 Å². The smallest absolute Gasteiger partial charge is 0.260 e. The number of para-hydroxylation sites is 1. The Hall–Kier alpha value is -2.00. The van der Waals surface area contributed by atoms with Gasteiger partial charge in [-0.15, -0.1) is 11.8 Å². The number of carbonyl (C=O) groups excluding carboxylic acids is 1. The summed E-state index contributed by atoms with van der Waals surface area (Å²) in [6.45, 7) is 6.84. The molecule has 0 N–H and O–H groups in total. The molecule has 1 amide bonds. The fourth-order valence-corrected chi connectivity index (χ4v) is 5.34. The molecular formula is C23H26FN3O2S2. The van der Waals surface area contributed by atoms with Crippen LogP contribution in [0.5, 0.6) is 0 Å². The minimum Gasteiger partial charge on any atom is -0.379 e. The van der Waals surface area contributed by atoms with E-state index in [1.165, 1.54) is 17.4 Å². The maximum absolute atomic E-state index is 14.2. The van der Waals surface area contributed by atoms with Crippen molar-refractivity contribution >= 4 is 44.4 Å². The van der Waals surface area contributed by atoms with Gasteiger partial charge in [0, 0.05) is 36.6 Å². The summed E-state index contributed by atoms with van der Waals surface area (Å²) in [6.07, 6.45) is 0.813. The Balaban J connectivity index is 1.58. The van der Waals surface area contributed by atoms with E-state index in [9.17, 15) is 9.18 Å². The third-order valence-corrected chi connectivity index (χ3v) is 7.11. The molecule has 0 unspecified atom stereocenters. The molecule has 31 heavy (non-hydrogen) atoms. The molecule has 0 saturated carbocycles. The molecule has 3 aromatic rings. The lowest BCUT2D eigenvalue weighted by Crippen LogP contribution is -2.39. The monoisotopic (exact) mass is 459 g/mol. The second-order valence-electron chi connectivity index (χ2n) is 7.31. The Kier molecular flexibility index (Phi) is 7.55. The minimum absolute atomic E-state index is 0.0972. The fraction of sp³-hybridized carbons (Fsp3) is 0.391. The Morgan fingerprint density at radius 3 is 2.84 bits per heavy atom. The highest BCUT2D eigenvalue weighted by atomic mass is 32.2. The zero-order valence-corrected chi connectivity index (χ0v) is 19.2. The topological polar surface area (TPSA) is 45.7 Å². The van der Waals surface area contributed by atoms with E-state index < -0.39 is 0 Å². The van der Waals surface area contributed by atoms with Crippen molar-refractivity contribution in [1.82, 2.24) is 9.88 Å². The van der Waals surface area contributed by atoms with Gasteiger partial charge in [-0.2, -0.15) is 0 Å². The van der Waals surface area contributed by atoms with E-state index in [-0.39, 0.29) is 11.7 Å². The van der Waals surface area contributed by atoms with E-state index in [1.807, 2.05) is 30.3 Å². The number of halogens is 1. The highest BCUT2D eigenvalue weighted by Gasteiger charge is 2.23. The lowest BCUT2D eigenvalue weighted by molar-refractivity contribution is 0.0376. The summed E-state index contributed by atoms with van der Waals surface area (Å²) in [6, 6.07) is 12.6. The highest BCUT2D eigenvalue weighted by molar-refractivity contribution is 7.99. The Bertz CT molecular complexity index is 1040. The first kappa shape index (κ1) is 22.2. The van der Waals surface area contributed by atoms with Gasteiger partial charge in [0.2, 0.25) is 0 Å². The molecule has 1 saturated heterocycles. The van der Waals surface area contributed by atoms with Crippen molar-refractivity contribution in [3.63, 3.8) is 0 Å². The number of thioether (sulfide) groups is 1. The number of thiazole rings is 1. The molecule has 1 aliphatic rings. The number of morpholine rings is 1. The lowest BCUT2D eigenvalue weighted by atomic mass is 10.2. The van der Waals surface area contributed by atoms with Crippen LogP contribution in [0.2, 0.25) is 0 Å². The summed E-state index contributed by atoms with van der Waals surface area (Å²) < 4.78 is 20.4. The predicted octanol–water partition coefficient (Wildman–Crippen LogP) is 4.92. The van der Waals surface area contributed by atoms with Gasteiger partial charge in [0.05, 0.1) is 17.9 Å². The van der Waals surface area contributed by atoms with E-state index in [0.29, 0.717) is 22.8 Å². The normalized spacial score (nSPS) is 14.8. The van der Waals surface area contributed by atoms with Crippen LogP contribution in [0.15, 0.2) is 47.4 Å². The number of aromatic nitrogens is 1. The van der Waals surface area contributed by atoms with Crippen molar-refractivity contribution < 1.29 is 13.9 Å². The molecule has 5 nitrogen and oxygen atoms in total. The molecule has 8 heteroatoms.